The summed E-state index contributed by atoms with van der Waals surface area (Å²) in [5.41, 5.74) is 0. The summed E-state index contributed by atoms with van der Waals surface area (Å²) in [5, 5.41) is 0. The molecule has 1 fully saturated rings. The zero-order valence-electron chi connectivity index (χ0n) is 6.98. The number of halogens is 3. The first-order chi connectivity index (χ1) is 5.58. The van der Waals surface area contributed by atoms with Gasteiger partial charge >= 0.3 is 6.98 Å². The number of rotatable bonds is 2. The van der Waals surface area contributed by atoms with E-state index >= 15 is 0 Å². The average Bonchev–Trinajstić information content (AvgIpc) is 2.02. The van der Waals surface area contributed by atoms with Gasteiger partial charge in [-0.3, -0.25) is 0 Å². The van der Waals surface area contributed by atoms with Crippen LogP contribution >= 0.6 is 0 Å². The van der Waals surface area contributed by atoms with Gasteiger partial charge in [-0.05, 0) is 18.8 Å². The fraction of sp³-hybridized carbons (Fsp3) is 0.750. The van der Waals surface area contributed by atoms with Crippen LogP contribution in [0, 0.1) is 5.92 Å². The van der Waals surface area contributed by atoms with Crippen molar-refractivity contribution >= 4 is 6.98 Å². The van der Waals surface area contributed by atoms with Crippen LogP contribution < -0.4 is 0 Å². The molecular formula is C8H13BF3-. The van der Waals surface area contributed by atoms with E-state index in [1.165, 1.54) is 12.5 Å². The summed E-state index contributed by atoms with van der Waals surface area (Å²) in [4.78, 5) is 0. The molecule has 0 aromatic rings. The first kappa shape index (κ1) is 9.68. The maximum Gasteiger partial charge on any atom is 0.502 e. The molecule has 0 amide bonds. The minimum Gasteiger partial charge on any atom is -0.445 e. The smallest absolute Gasteiger partial charge is 0.445 e. The van der Waals surface area contributed by atoms with Gasteiger partial charge in [0, 0.05) is 0 Å². The Morgan fingerprint density at radius 3 is 2.08 bits per heavy atom. The van der Waals surface area contributed by atoms with Gasteiger partial charge in [0.2, 0.25) is 0 Å². The third-order valence-corrected chi connectivity index (χ3v) is 2.25. The third-order valence-electron chi connectivity index (χ3n) is 2.25. The van der Waals surface area contributed by atoms with Gasteiger partial charge in [-0.15, -0.1) is 12.1 Å². The van der Waals surface area contributed by atoms with Gasteiger partial charge in [0.05, 0.1) is 0 Å². The predicted molar refractivity (Wildman–Crippen MR) is 44.8 cm³/mol. The van der Waals surface area contributed by atoms with Gasteiger partial charge in [-0.2, -0.15) is 0 Å². The first-order valence-electron chi connectivity index (χ1n) is 4.47. The predicted octanol–water partition coefficient (Wildman–Crippen LogP) is 3.51. The molecule has 0 saturated heterocycles. The normalized spacial score (nSPS) is 21.9. The van der Waals surface area contributed by atoms with Crippen LogP contribution in [0.5, 0.6) is 0 Å². The third kappa shape index (κ3) is 3.84. The van der Waals surface area contributed by atoms with Gasteiger partial charge in [-0.1, -0.05) is 19.3 Å². The molecule has 0 atom stereocenters. The largest absolute Gasteiger partial charge is 0.502 e. The highest BCUT2D eigenvalue weighted by Crippen LogP contribution is 2.25. The van der Waals surface area contributed by atoms with Crippen molar-refractivity contribution in [3.63, 3.8) is 0 Å². The van der Waals surface area contributed by atoms with Gasteiger partial charge in [-0.25, -0.2) is 0 Å². The molecule has 0 aromatic heterocycles. The second-order valence-corrected chi connectivity index (χ2v) is 3.41. The molecule has 0 N–H and O–H groups in total. The summed E-state index contributed by atoms with van der Waals surface area (Å²) in [6.45, 7) is -4.71. The summed E-state index contributed by atoms with van der Waals surface area (Å²) < 4.78 is 35.4. The molecule has 4 heteroatoms. The molecule has 0 spiro atoms. The summed E-state index contributed by atoms with van der Waals surface area (Å²) >= 11 is 0. The molecule has 0 unspecified atom stereocenters. The molecule has 1 aliphatic rings. The van der Waals surface area contributed by atoms with E-state index in [1.807, 2.05) is 0 Å². The molecule has 0 bridgehead atoms. The standard InChI is InChI=1S/C8H13BF3/c10-9(11,12)7-6-8-4-2-1-3-5-8/h6-8H,1-5H2/q-1/b7-6+. The Morgan fingerprint density at radius 2 is 1.58 bits per heavy atom. The van der Waals surface area contributed by atoms with Crippen molar-refractivity contribution in [3.8, 4) is 0 Å². The quantitative estimate of drug-likeness (QED) is 0.566. The zero-order valence-corrected chi connectivity index (χ0v) is 6.98. The molecule has 0 radical (unpaired) electrons. The van der Waals surface area contributed by atoms with Crippen LogP contribution in [-0.4, -0.2) is 6.98 Å². The number of hydrogen-bond donors (Lipinski definition) is 0. The first-order valence-corrected chi connectivity index (χ1v) is 4.47. The highest BCUT2D eigenvalue weighted by atomic mass is 19.4. The topological polar surface area (TPSA) is 0 Å². The van der Waals surface area contributed by atoms with Gasteiger partial charge < -0.3 is 12.9 Å². The lowest BCUT2D eigenvalue weighted by molar-refractivity contribution is 0.418. The Bertz CT molecular complexity index is 156. The van der Waals surface area contributed by atoms with Crippen LogP contribution in [0.25, 0.3) is 0 Å². The molecule has 0 heterocycles. The minimum atomic E-state index is -4.71. The summed E-state index contributed by atoms with van der Waals surface area (Å²) in [6, 6.07) is 0. The Labute approximate surface area is 70.9 Å². The molecule has 1 aliphatic carbocycles. The average molecular weight is 177 g/mol. The van der Waals surface area contributed by atoms with E-state index in [1.54, 1.807) is 0 Å². The molecule has 0 nitrogen and oxygen atoms in total. The molecular weight excluding hydrogens is 164 g/mol. The van der Waals surface area contributed by atoms with Crippen molar-refractivity contribution in [2.45, 2.75) is 32.1 Å². The monoisotopic (exact) mass is 177 g/mol. The summed E-state index contributed by atoms with van der Waals surface area (Å²) in [7, 11) is 0. The maximum absolute atomic E-state index is 11.8. The van der Waals surface area contributed by atoms with E-state index in [0.29, 0.717) is 5.98 Å². The van der Waals surface area contributed by atoms with Crippen molar-refractivity contribution < 1.29 is 12.9 Å². The maximum atomic E-state index is 11.8. The fourth-order valence-corrected chi connectivity index (χ4v) is 1.61. The van der Waals surface area contributed by atoms with E-state index in [4.69, 9.17) is 0 Å². The van der Waals surface area contributed by atoms with Gasteiger partial charge in [0.25, 0.3) is 0 Å². The summed E-state index contributed by atoms with van der Waals surface area (Å²) in [6.07, 6.45) is 6.56. The molecule has 0 aliphatic heterocycles. The second kappa shape index (κ2) is 4.01. The molecule has 0 aromatic carbocycles. The Hall–Kier alpha value is -0.405. The van der Waals surface area contributed by atoms with Gasteiger partial charge in [0.15, 0.2) is 0 Å². The Morgan fingerprint density at radius 1 is 1.00 bits per heavy atom. The van der Waals surface area contributed by atoms with Crippen molar-refractivity contribution in [3.05, 3.63) is 12.1 Å². The lowest BCUT2D eigenvalue weighted by atomic mass is 9.84. The van der Waals surface area contributed by atoms with E-state index in [9.17, 15) is 12.9 Å². The zero-order chi connectivity index (χ0) is 9.03. The van der Waals surface area contributed by atoms with Crippen LogP contribution in [0.1, 0.15) is 32.1 Å². The van der Waals surface area contributed by atoms with E-state index in [2.05, 4.69) is 0 Å². The lowest BCUT2D eigenvalue weighted by Crippen LogP contribution is -2.12. The van der Waals surface area contributed by atoms with Crippen LogP contribution in [0.4, 0.5) is 12.9 Å². The highest BCUT2D eigenvalue weighted by molar-refractivity contribution is 6.64. The lowest BCUT2D eigenvalue weighted by Gasteiger charge is -2.19. The SMILES string of the molecule is F[B-](F)(F)/C=C/C1CCCCC1. The molecule has 1 rings (SSSR count). The van der Waals surface area contributed by atoms with E-state index in [0.717, 1.165) is 25.7 Å². The van der Waals surface area contributed by atoms with Crippen molar-refractivity contribution in [2.75, 3.05) is 0 Å². The minimum absolute atomic E-state index is 0.183. The Kier molecular flexibility index (Phi) is 3.24. The Balaban J connectivity index is 2.33. The van der Waals surface area contributed by atoms with Crippen molar-refractivity contribution in [2.24, 2.45) is 5.92 Å². The van der Waals surface area contributed by atoms with Crippen LogP contribution in [-0.2, 0) is 0 Å². The molecule has 1 saturated carbocycles. The van der Waals surface area contributed by atoms with Crippen LogP contribution in [0.2, 0.25) is 0 Å². The molecule has 70 valence electrons. The van der Waals surface area contributed by atoms with Crippen LogP contribution in [0.15, 0.2) is 12.1 Å². The van der Waals surface area contributed by atoms with Crippen molar-refractivity contribution in [1.82, 2.24) is 0 Å². The number of hydrogen-bond acceptors (Lipinski definition) is 0. The van der Waals surface area contributed by atoms with E-state index < -0.39 is 6.98 Å². The van der Waals surface area contributed by atoms with Crippen LogP contribution in [0.3, 0.4) is 0 Å². The fourth-order valence-electron chi connectivity index (χ4n) is 1.61. The van der Waals surface area contributed by atoms with Crippen molar-refractivity contribution in [1.29, 1.82) is 0 Å². The molecule has 12 heavy (non-hydrogen) atoms. The summed E-state index contributed by atoms with van der Waals surface area (Å²) in [5.74, 6) is 0.623. The second-order valence-electron chi connectivity index (χ2n) is 3.41. The van der Waals surface area contributed by atoms with Gasteiger partial charge in [0.1, 0.15) is 0 Å². The number of allylic oxidation sites excluding steroid dienone is 1. The highest BCUT2D eigenvalue weighted by Gasteiger charge is 2.18. The van der Waals surface area contributed by atoms with E-state index in [-0.39, 0.29) is 5.92 Å².